The molecule has 4 rings (SSSR count). The molecule has 1 heterocycles. The van der Waals surface area contributed by atoms with E-state index in [4.69, 9.17) is 11.6 Å². The molecule has 1 nitrogen and oxygen atoms in total. The van der Waals surface area contributed by atoms with E-state index in [-0.39, 0.29) is 0 Å². The van der Waals surface area contributed by atoms with Gasteiger partial charge >= 0.3 is 0 Å². The van der Waals surface area contributed by atoms with Gasteiger partial charge in [0, 0.05) is 31.7 Å². The van der Waals surface area contributed by atoms with Crippen LogP contribution in [0.5, 0.6) is 0 Å². The zero-order valence-corrected chi connectivity index (χ0v) is 13.1. The third-order valence-electron chi connectivity index (χ3n) is 3.90. The van der Waals surface area contributed by atoms with E-state index in [1.165, 1.54) is 29.7 Å². The summed E-state index contributed by atoms with van der Waals surface area (Å²) < 4.78 is 1.15. The molecular weight excluding hydrogens is 334 g/mol. The van der Waals surface area contributed by atoms with Crippen LogP contribution in [0, 0.1) is 0 Å². The molecule has 1 aliphatic carbocycles. The number of aromatic nitrogens is 1. The molecule has 3 heteroatoms. The fourth-order valence-electron chi connectivity index (χ4n) is 2.76. The van der Waals surface area contributed by atoms with Gasteiger partial charge in [-0.2, -0.15) is 0 Å². The first-order chi connectivity index (χ1) is 9.70. The van der Waals surface area contributed by atoms with E-state index < -0.39 is 0 Å². The summed E-state index contributed by atoms with van der Waals surface area (Å²) in [6.45, 7) is 0. The first-order valence-electron chi connectivity index (χ1n) is 6.79. The van der Waals surface area contributed by atoms with Gasteiger partial charge in [0.2, 0.25) is 0 Å². The van der Waals surface area contributed by atoms with Gasteiger partial charge in [0.15, 0.2) is 0 Å². The van der Waals surface area contributed by atoms with Crippen LogP contribution in [-0.2, 0) is 0 Å². The molecule has 0 unspecified atom stereocenters. The van der Waals surface area contributed by atoms with Crippen LogP contribution in [-0.4, -0.2) is 4.98 Å². The third-order valence-corrected chi connectivity index (χ3v) is 4.63. The monoisotopic (exact) mass is 345 g/mol. The SMILES string of the molecule is Clc1ccc2[nH]c(-c3ccc(Br)cc3C3CC3)cc2c1. The maximum absolute atomic E-state index is 6.07. The number of fused-ring (bicyclic) bond motifs is 1. The lowest BCUT2D eigenvalue weighted by atomic mass is 10.0. The van der Waals surface area contributed by atoms with Gasteiger partial charge in [0.1, 0.15) is 0 Å². The lowest BCUT2D eigenvalue weighted by Gasteiger charge is -2.07. The molecule has 0 amide bonds. The van der Waals surface area contributed by atoms with Gasteiger partial charge in [-0.05, 0) is 60.7 Å². The van der Waals surface area contributed by atoms with E-state index >= 15 is 0 Å². The standard InChI is InChI=1S/C17H13BrClN/c18-12-3-5-14(15(9-12)10-1-2-10)17-8-11-7-13(19)4-6-16(11)20-17/h3-10,20H,1-2H2. The Bertz CT molecular complexity index is 802. The van der Waals surface area contributed by atoms with Crippen LogP contribution in [0.4, 0.5) is 0 Å². The summed E-state index contributed by atoms with van der Waals surface area (Å²) >= 11 is 9.65. The topological polar surface area (TPSA) is 15.8 Å². The second kappa shape index (κ2) is 4.64. The predicted octanol–water partition coefficient (Wildman–Crippen LogP) is 6.13. The number of aromatic amines is 1. The van der Waals surface area contributed by atoms with Crippen LogP contribution < -0.4 is 0 Å². The zero-order chi connectivity index (χ0) is 13.7. The number of rotatable bonds is 2. The highest BCUT2D eigenvalue weighted by Gasteiger charge is 2.27. The summed E-state index contributed by atoms with van der Waals surface area (Å²) in [5, 5.41) is 1.94. The van der Waals surface area contributed by atoms with Gasteiger partial charge < -0.3 is 4.98 Å². The van der Waals surface area contributed by atoms with Crippen molar-refractivity contribution in [2.24, 2.45) is 0 Å². The smallest absolute Gasteiger partial charge is 0.0467 e. The Hall–Kier alpha value is -1.25. The minimum Gasteiger partial charge on any atom is -0.355 e. The molecule has 1 fully saturated rings. The molecule has 2 aromatic carbocycles. The van der Waals surface area contributed by atoms with Crippen LogP contribution >= 0.6 is 27.5 Å². The second-order valence-corrected chi connectivity index (χ2v) is 6.77. The van der Waals surface area contributed by atoms with Gasteiger partial charge in [-0.3, -0.25) is 0 Å². The number of nitrogens with one attached hydrogen (secondary N) is 1. The normalized spacial score (nSPS) is 14.9. The average molecular weight is 347 g/mol. The molecule has 0 saturated heterocycles. The van der Waals surface area contributed by atoms with E-state index in [9.17, 15) is 0 Å². The molecule has 0 aliphatic heterocycles. The van der Waals surface area contributed by atoms with Crippen LogP contribution in [0.2, 0.25) is 5.02 Å². The van der Waals surface area contributed by atoms with Crippen molar-refractivity contribution in [1.29, 1.82) is 0 Å². The van der Waals surface area contributed by atoms with Crippen LogP contribution in [0.25, 0.3) is 22.2 Å². The van der Waals surface area contributed by atoms with E-state index in [1.54, 1.807) is 0 Å². The maximum atomic E-state index is 6.07. The maximum Gasteiger partial charge on any atom is 0.0467 e. The molecule has 1 aromatic heterocycles. The van der Waals surface area contributed by atoms with Gasteiger partial charge in [0.25, 0.3) is 0 Å². The first-order valence-corrected chi connectivity index (χ1v) is 7.96. The van der Waals surface area contributed by atoms with Crippen LogP contribution in [0.15, 0.2) is 46.9 Å². The Morgan fingerprint density at radius 1 is 1.05 bits per heavy atom. The van der Waals surface area contributed by atoms with Gasteiger partial charge in [-0.25, -0.2) is 0 Å². The van der Waals surface area contributed by atoms with E-state index in [0.717, 1.165) is 26.3 Å². The highest BCUT2D eigenvalue weighted by atomic mass is 79.9. The molecule has 0 spiro atoms. The second-order valence-electron chi connectivity index (χ2n) is 5.42. The Labute approximate surface area is 131 Å². The molecule has 0 radical (unpaired) electrons. The predicted molar refractivity (Wildman–Crippen MR) is 88.4 cm³/mol. The lowest BCUT2D eigenvalue weighted by Crippen LogP contribution is -1.87. The van der Waals surface area contributed by atoms with Crippen LogP contribution in [0.1, 0.15) is 24.3 Å². The molecular formula is C17H13BrClN. The van der Waals surface area contributed by atoms with Crippen molar-refractivity contribution in [2.45, 2.75) is 18.8 Å². The number of hydrogen-bond acceptors (Lipinski definition) is 0. The van der Waals surface area contributed by atoms with E-state index in [1.807, 2.05) is 18.2 Å². The molecule has 3 aromatic rings. The van der Waals surface area contributed by atoms with Crippen molar-refractivity contribution in [3.8, 4) is 11.3 Å². The lowest BCUT2D eigenvalue weighted by molar-refractivity contribution is 1.13. The Morgan fingerprint density at radius 2 is 1.90 bits per heavy atom. The largest absolute Gasteiger partial charge is 0.355 e. The fourth-order valence-corrected chi connectivity index (χ4v) is 3.32. The highest BCUT2D eigenvalue weighted by molar-refractivity contribution is 9.10. The molecule has 1 N–H and O–H groups in total. The summed E-state index contributed by atoms with van der Waals surface area (Å²) in [7, 11) is 0. The highest BCUT2D eigenvalue weighted by Crippen LogP contribution is 2.45. The molecule has 100 valence electrons. The quantitative estimate of drug-likeness (QED) is 0.574. The van der Waals surface area contributed by atoms with Gasteiger partial charge in [-0.1, -0.05) is 33.6 Å². The Morgan fingerprint density at radius 3 is 2.70 bits per heavy atom. The minimum absolute atomic E-state index is 0.720. The average Bonchev–Trinajstić information content (AvgIpc) is 3.19. The van der Waals surface area contributed by atoms with Crippen molar-refractivity contribution >= 4 is 38.4 Å². The third kappa shape index (κ3) is 2.17. The molecule has 20 heavy (non-hydrogen) atoms. The summed E-state index contributed by atoms with van der Waals surface area (Å²) in [5.41, 5.74) is 5.06. The van der Waals surface area contributed by atoms with E-state index in [0.29, 0.717) is 0 Å². The minimum atomic E-state index is 0.720. The summed E-state index contributed by atoms with van der Waals surface area (Å²) in [6, 6.07) is 14.7. The number of H-pyrrole nitrogens is 1. The van der Waals surface area contributed by atoms with Gasteiger partial charge in [0.05, 0.1) is 0 Å². The van der Waals surface area contributed by atoms with Crippen molar-refractivity contribution in [2.75, 3.05) is 0 Å². The molecule has 1 aliphatic rings. The van der Waals surface area contributed by atoms with Crippen LogP contribution in [0.3, 0.4) is 0 Å². The Kier molecular flexibility index (Phi) is 2.90. The molecule has 1 saturated carbocycles. The van der Waals surface area contributed by atoms with Crippen molar-refractivity contribution in [3.05, 3.63) is 57.5 Å². The molecule has 0 bridgehead atoms. The van der Waals surface area contributed by atoms with Gasteiger partial charge in [-0.15, -0.1) is 0 Å². The Balaban J connectivity index is 1.90. The summed E-state index contributed by atoms with van der Waals surface area (Å²) in [5.74, 6) is 0.720. The van der Waals surface area contributed by atoms with E-state index in [2.05, 4.69) is 45.2 Å². The number of benzene rings is 2. The van der Waals surface area contributed by atoms with Crippen molar-refractivity contribution in [3.63, 3.8) is 0 Å². The number of halogens is 2. The molecule has 0 atom stereocenters. The van der Waals surface area contributed by atoms with Crippen molar-refractivity contribution in [1.82, 2.24) is 4.98 Å². The summed E-state index contributed by atoms with van der Waals surface area (Å²) in [4.78, 5) is 3.51. The number of hydrogen-bond donors (Lipinski definition) is 1. The summed E-state index contributed by atoms with van der Waals surface area (Å²) in [6.07, 6.45) is 2.60. The zero-order valence-electron chi connectivity index (χ0n) is 10.8. The van der Waals surface area contributed by atoms with Crippen molar-refractivity contribution < 1.29 is 0 Å². The first kappa shape index (κ1) is 12.5. The fraction of sp³-hybridized carbons (Fsp3) is 0.176.